The van der Waals surface area contributed by atoms with E-state index in [1.54, 1.807) is 7.05 Å². The van der Waals surface area contributed by atoms with Gasteiger partial charge in [0.15, 0.2) is 5.96 Å². The first-order valence-electron chi connectivity index (χ1n) is 10.2. The summed E-state index contributed by atoms with van der Waals surface area (Å²) < 4.78 is 11.0. The summed E-state index contributed by atoms with van der Waals surface area (Å²) in [7, 11) is 1.79. The molecule has 0 spiro atoms. The van der Waals surface area contributed by atoms with Crippen LogP contribution in [0.15, 0.2) is 29.3 Å². The van der Waals surface area contributed by atoms with Crippen LogP contribution in [0.25, 0.3) is 0 Å². The van der Waals surface area contributed by atoms with Gasteiger partial charge < -0.3 is 25.2 Å². The minimum absolute atomic E-state index is 0.00441. The van der Waals surface area contributed by atoms with Crippen LogP contribution in [0.4, 0.5) is 0 Å². The smallest absolute Gasteiger partial charge is 0.191 e. The van der Waals surface area contributed by atoms with Gasteiger partial charge in [-0.2, -0.15) is 0 Å². The van der Waals surface area contributed by atoms with E-state index in [0.717, 1.165) is 71.3 Å². The summed E-state index contributed by atoms with van der Waals surface area (Å²) in [6, 6.07) is 8.70. The van der Waals surface area contributed by atoms with Crippen LogP contribution in [0, 0.1) is 5.41 Å². The van der Waals surface area contributed by atoms with E-state index in [2.05, 4.69) is 44.8 Å². The Morgan fingerprint density at radius 2 is 2.00 bits per heavy atom. The maximum absolute atomic E-state index is 9.37. The van der Waals surface area contributed by atoms with Crippen molar-refractivity contribution in [3.8, 4) is 0 Å². The summed E-state index contributed by atoms with van der Waals surface area (Å²) >= 11 is 0. The SMILES string of the molecule is CN=C(NCc1cccc(CN2CCOCC2)c1)NCC1(CCO)CCOC1. The van der Waals surface area contributed by atoms with Gasteiger partial charge in [0.2, 0.25) is 0 Å². The molecular weight excluding hydrogens is 356 g/mol. The predicted octanol–water partition coefficient (Wildman–Crippen LogP) is 0.973. The number of aliphatic imine (C=N–C) groups is 1. The molecule has 0 saturated carbocycles. The van der Waals surface area contributed by atoms with Gasteiger partial charge in [-0.1, -0.05) is 24.3 Å². The second kappa shape index (κ2) is 10.8. The van der Waals surface area contributed by atoms with Gasteiger partial charge in [0.05, 0.1) is 19.8 Å². The summed E-state index contributed by atoms with van der Waals surface area (Å²) in [5.41, 5.74) is 2.57. The summed E-state index contributed by atoms with van der Waals surface area (Å²) in [5.74, 6) is 0.780. The number of nitrogens with one attached hydrogen (secondary N) is 2. The van der Waals surface area contributed by atoms with Gasteiger partial charge in [-0.25, -0.2) is 0 Å². The first-order chi connectivity index (χ1) is 13.7. The maximum Gasteiger partial charge on any atom is 0.191 e. The van der Waals surface area contributed by atoms with Gasteiger partial charge in [-0.3, -0.25) is 9.89 Å². The van der Waals surface area contributed by atoms with Crippen LogP contribution in [0.1, 0.15) is 24.0 Å². The van der Waals surface area contributed by atoms with Crippen LogP contribution >= 0.6 is 0 Å². The Morgan fingerprint density at radius 1 is 1.18 bits per heavy atom. The fraction of sp³-hybridized carbons (Fsp3) is 0.667. The van der Waals surface area contributed by atoms with Gasteiger partial charge in [-0.15, -0.1) is 0 Å². The number of ether oxygens (including phenoxy) is 2. The molecule has 7 nitrogen and oxygen atoms in total. The largest absolute Gasteiger partial charge is 0.396 e. The third-order valence-electron chi connectivity index (χ3n) is 5.64. The molecule has 1 atom stereocenters. The summed E-state index contributed by atoms with van der Waals surface area (Å²) in [6.45, 7) is 7.74. The van der Waals surface area contributed by atoms with E-state index < -0.39 is 0 Å². The maximum atomic E-state index is 9.37. The number of hydrogen-bond acceptors (Lipinski definition) is 5. The van der Waals surface area contributed by atoms with E-state index in [1.165, 1.54) is 11.1 Å². The molecule has 3 rings (SSSR count). The Labute approximate surface area is 168 Å². The highest BCUT2D eigenvalue weighted by atomic mass is 16.5. The third kappa shape index (κ3) is 6.17. The number of aliphatic hydroxyl groups excluding tert-OH is 1. The molecule has 2 fully saturated rings. The number of nitrogens with zero attached hydrogens (tertiary/aromatic N) is 2. The second-order valence-corrected chi connectivity index (χ2v) is 7.76. The molecule has 0 aliphatic carbocycles. The Balaban J connectivity index is 1.48. The fourth-order valence-corrected chi connectivity index (χ4v) is 3.84. The van der Waals surface area contributed by atoms with Crippen LogP contribution in [-0.2, 0) is 22.6 Å². The van der Waals surface area contributed by atoms with Crippen molar-refractivity contribution >= 4 is 5.96 Å². The molecule has 0 bridgehead atoms. The van der Waals surface area contributed by atoms with Crippen LogP contribution in [0.2, 0.25) is 0 Å². The first-order valence-corrected chi connectivity index (χ1v) is 10.2. The third-order valence-corrected chi connectivity index (χ3v) is 5.64. The zero-order valence-electron chi connectivity index (χ0n) is 17.0. The molecule has 1 unspecified atom stereocenters. The normalized spacial score (nSPS) is 23.7. The van der Waals surface area contributed by atoms with Crippen molar-refractivity contribution in [2.45, 2.75) is 25.9 Å². The fourth-order valence-electron chi connectivity index (χ4n) is 3.84. The molecule has 2 heterocycles. The summed E-state index contributed by atoms with van der Waals surface area (Å²) in [4.78, 5) is 6.77. The van der Waals surface area contributed by atoms with Crippen LogP contribution in [0.5, 0.6) is 0 Å². The Morgan fingerprint density at radius 3 is 2.71 bits per heavy atom. The molecule has 7 heteroatoms. The van der Waals surface area contributed by atoms with Crippen LogP contribution in [0.3, 0.4) is 0 Å². The second-order valence-electron chi connectivity index (χ2n) is 7.76. The Hall–Kier alpha value is -1.67. The standard InChI is InChI=1S/C21H34N4O3/c1-22-20(24-16-21(5-9-26)6-10-28-17-21)23-14-18-3-2-4-19(13-18)15-25-7-11-27-12-8-25/h2-4,13,26H,5-12,14-17H2,1H3,(H2,22,23,24). The summed E-state index contributed by atoms with van der Waals surface area (Å²) in [5, 5.41) is 16.2. The zero-order valence-corrected chi connectivity index (χ0v) is 17.0. The first kappa shape index (κ1) is 21.0. The van der Waals surface area contributed by atoms with E-state index >= 15 is 0 Å². The number of guanidine groups is 1. The van der Waals surface area contributed by atoms with Gasteiger partial charge in [0.25, 0.3) is 0 Å². The molecule has 156 valence electrons. The quantitative estimate of drug-likeness (QED) is 0.454. The van der Waals surface area contributed by atoms with E-state index in [4.69, 9.17) is 9.47 Å². The summed E-state index contributed by atoms with van der Waals surface area (Å²) in [6.07, 6.45) is 1.72. The molecule has 2 aliphatic heterocycles. The minimum atomic E-state index is 0.00441. The van der Waals surface area contributed by atoms with Crippen molar-refractivity contribution in [3.05, 3.63) is 35.4 Å². The highest BCUT2D eigenvalue weighted by Gasteiger charge is 2.34. The Bertz CT molecular complexity index is 626. The molecule has 0 amide bonds. The van der Waals surface area contributed by atoms with Crippen LogP contribution < -0.4 is 10.6 Å². The van der Waals surface area contributed by atoms with Crippen molar-refractivity contribution < 1.29 is 14.6 Å². The van der Waals surface area contributed by atoms with Gasteiger partial charge in [0.1, 0.15) is 0 Å². The highest BCUT2D eigenvalue weighted by molar-refractivity contribution is 5.79. The van der Waals surface area contributed by atoms with Crippen molar-refractivity contribution in [1.82, 2.24) is 15.5 Å². The van der Waals surface area contributed by atoms with E-state index in [-0.39, 0.29) is 12.0 Å². The Kier molecular flexibility index (Phi) is 8.09. The molecule has 0 aromatic heterocycles. The van der Waals surface area contributed by atoms with Crippen molar-refractivity contribution in [3.63, 3.8) is 0 Å². The zero-order chi connectivity index (χ0) is 19.7. The molecule has 2 saturated heterocycles. The minimum Gasteiger partial charge on any atom is -0.396 e. The van der Waals surface area contributed by atoms with Gasteiger partial charge in [0, 0.05) is 58.4 Å². The number of benzene rings is 1. The molecule has 1 aromatic rings. The molecule has 0 radical (unpaired) electrons. The lowest BCUT2D eigenvalue weighted by molar-refractivity contribution is 0.0342. The molecular formula is C21H34N4O3. The van der Waals surface area contributed by atoms with Crippen molar-refractivity contribution in [1.29, 1.82) is 0 Å². The molecule has 3 N–H and O–H groups in total. The molecule has 1 aromatic carbocycles. The van der Waals surface area contributed by atoms with E-state index in [9.17, 15) is 5.11 Å². The number of morpholine rings is 1. The van der Waals surface area contributed by atoms with Crippen molar-refractivity contribution in [2.75, 3.05) is 59.7 Å². The van der Waals surface area contributed by atoms with Gasteiger partial charge in [-0.05, 0) is 24.0 Å². The van der Waals surface area contributed by atoms with E-state index in [1.807, 2.05) is 0 Å². The molecule has 28 heavy (non-hydrogen) atoms. The predicted molar refractivity (Wildman–Crippen MR) is 110 cm³/mol. The van der Waals surface area contributed by atoms with Gasteiger partial charge >= 0.3 is 0 Å². The topological polar surface area (TPSA) is 78.4 Å². The van der Waals surface area contributed by atoms with Crippen molar-refractivity contribution in [2.24, 2.45) is 10.4 Å². The lowest BCUT2D eigenvalue weighted by Crippen LogP contribution is -2.44. The number of aliphatic hydroxyl groups is 1. The lowest BCUT2D eigenvalue weighted by atomic mass is 9.84. The molecule has 2 aliphatic rings. The monoisotopic (exact) mass is 390 g/mol. The average Bonchev–Trinajstić information content (AvgIpc) is 3.18. The van der Waals surface area contributed by atoms with E-state index in [0.29, 0.717) is 6.61 Å². The average molecular weight is 391 g/mol. The van der Waals surface area contributed by atoms with Crippen LogP contribution in [-0.4, -0.2) is 75.7 Å². The highest BCUT2D eigenvalue weighted by Crippen LogP contribution is 2.31. The number of hydrogen-bond donors (Lipinski definition) is 3. The lowest BCUT2D eigenvalue weighted by Gasteiger charge is -2.28. The number of rotatable bonds is 8.